The van der Waals surface area contributed by atoms with Gasteiger partial charge in [-0.1, -0.05) is 78.9 Å². The van der Waals surface area contributed by atoms with Gasteiger partial charge >= 0.3 is 11.9 Å². The lowest BCUT2D eigenvalue weighted by Crippen LogP contribution is -2.47. The van der Waals surface area contributed by atoms with Crippen molar-refractivity contribution in [2.45, 2.75) is 38.0 Å². The van der Waals surface area contributed by atoms with Crippen molar-refractivity contribution in [2.24, 2.45) is 5.41 Å². The molecule has 3 aliphatic carbocycles. The van der Waals surface area contributed by atoms with Crippen molar-refractivity contribution in [1.29, 1.82) is 0 Å². The summed E-state index contributed by atoms with van der Waals surface area (Å²) in [6, 6.07) is 26.7. The van der Waals surface area contributed by atoms with Crippen LogP contribution in [-0.4, -0.2) is 25.2 Å². The third-order valence-corrected chi connectivity index (χ3v) is 7.23. The van der Waals surface area contributed by atoms with Crippen LogP contribution in [0.3, 0.4) is 0 Å². The lowest BCUT2D eigenvalue weighted by Gasteiger charge is -2.38. The Morgan fingerprint density at radius 2 is 1.18 bits per heavy atom. The maximum Gasteiger partial charge on any atom is 0.324 e. The van der Waals surface area contributed by atoms with Gasteiger partial charge in [0.1, 0.15) is 0 Å². The van der Waals surface area contributed by atoms with Crippen molar-refractivity contribution in [1.82, 2.24) is 0 Å². The molecule has 33 heavy (non-hydrogen) atoms. The van der Waals surface area contributed by atoms with Gasteiger partial charge in [-0.3, -0.25) is 9.59 Å². The highest BCUT2D eigenvalue weighted by atomic mass is 16.6. The molecule has 0 radical (unpaired) electrons. The van der Waals surface area contributed by atoms with Crippen LogP contribution in [0.15, 0.2) is 78.9 Å². The van der Waals surface area contributed by atoms with Crippen molar-refractivity contribution in [3.05, 3.63) is 107 Å². The first kappa shape index (κ1) is 21.4. The molecule has 3 aliphatic rings. The van der Waals surface area contributed by atoms with Gasteiger partial charge in [-0.05, 0) is 54.0 Å². The zero-order chi connectivity index (χ0) is 23.0. The normalized spacial score (nSPS) is 21.9. The molecule has 0 aliphatic heterocycles. The summed E-state index contributed by atoms with van der Waals surface area (Å²) >= 11 is 0. The fraction of sp³-hybridized carbons (Fsp3) is 0.310. The van der Waals surface area contributed by atoms with Crippen molar-refractivity contribution in [3.63, 3.8) is 0 Å². The van der Waals surface area contributed by atoms with Crippen LogP contribution >= 0.6 is 0 Å². The van der Waals surface area contributed by atoms with E-state index in [2.05, 4.69) is 36.4 Å². The van der Waals surface area contributed by atoms with Gasteiger partial charge in [-0.2, -0.15) is 0 Å². The summed E-state index contributed by atoms with van der Waals surface area (Å²) in [4.78, 5) is 27.7. The van der Waals surface area contributed by atoms with E-state index < -0.39 is 23.3 Å². The Balaban J connectivity index is 1.88. The molecule has 3 aromatic rings. The summed E-state index contributed by atoms with van der Waals surface area (Å²) < 4.78 is 11.3. The van der Waals surface area contributed by atoms with Gasteiger partial charge in [0.15, 0.2) is 5.41 Å². The van der Waals surface area contributed by atoms with E-state index in [-0.39, 0.29) is 25.0 Å². The van der Waals surface area contributed by atoms with Crippen LogP contribution in [0.4, 0.5) is 0 Å². The number of fused-ring (bicyclic) bond motifs is 2. The summed E-state index contributed by atoms with van der Waals surface area (Å²) in [5, 5.41) is 0. The van der Waals surface area contributed by atoms with Crippen molar-refractivity contribution < 1.29 is 19.1 Å². The molecule has 0 aromatic heterocycles. The smallest absolute Gasteiger partial charge is 0.324 e. The molecule has 4 heteroatoms. The minimum atomic E-state index is -1.47. The predicted octanol–water partition coefficient (Wildman–Crippen LogP) is 5.56. The highest BCUT2D eigenvalue weighted by molar-refractivity contribution is 6.03. The Morgan fingerprint density at radius 3 is 1.67 bits per heavy atom. The standard InChI is InChI=1S/C29H28O4/c1-3-32-27(30)29(28(31)33-4-2)18-24(19-12-6-5-7-13-19)25-20-14-8-10-16-22(20)26(29)23-17-11-9-15-21(23)25/h5-17,24-26H,3-4,18H2,1-2H3. The SMILES string of the molecule is CCOC(=O)C1(C(=O)OCC)CC(c2ccccc2)C2c3ccccc3C1c1ccccc12. The predicted molar refractivity (Wildman–Crippen MR) is 126 cm³/mol. The average molecular weight is 441 g/mol. The molecule has 168 valence electrons. The maximum absolute atomic E-state index is 13.9. The fourth-order valence-corrected chi connectivity index (χ4v) is 6.01. The molecule has 0 spiro atoms. The van der Waals surface area contributed by atoms with Crippen LogP contribution in [0, 0.1) is 5.41 Å². The van der Waals surface area contributed by atoms with Crippen molar-refractivity contribution in [2.75, 3.05) is 13.2 Å². The highest BCUT2D eigenvalue weighted by Crippen LogP contribution is 2.62. The maximum atomic E-state index is 13.9. The van der Waals surface area contributed by atoms with Crippen LogP contribution in [0.1, 0.15) is 65.8 Å². The van der Waals surface area contributed by atoms with Gasteiger partial charge in [-0.25, -0.2) is 0 Å². The van der Waals surface area contributed by atoms with E-state index in [1.54, 1.807) is 13.8 Å². The largest absolute Gasteiger partial charge is 0.465 e. The van der Waals surface area contributed by atoms with Gasteiger partial charge in [0.05, 0.1) is 13.2 Å². The average Bonchev–Trinajstić information content (AvgIpc) is 3.07. The molecule has 0 saturated heterocycles. The second-order valence-electron chi connectivity index (χ2n) is 8.80. The van der Waals surface area contributed by atoms with Crippen molar-refractivity contribution in [3.8, 4) is 0 Å². The molecule has 2 bridgehead atoms. The quantitative estimate of drug-likeness (QED) is 0.385. The first-order chi connectivity index (χ1) is 16.1. The minimum absolute atomic E-state index is 0.0294. The number of benzene rings is 3. The third-order valence-electron chi connectivity index (χ3n) is 7.23. The topological polar surface area (TPSA) is 52.6 Å². The van der Waals surface area contributed by atoms with Crippen LogP contribution in [-0.2, 0) is 19.1 Å². The monoisotopic (exact) mass is 440 g/mol. The van der Waals surface area contributed by atoms with E-state index in [0.29, 0.717) is 6.42 Å². The summed E-state index contributed by atoms with van der Waals surface area (Å²) in [6.45, 7) is 3.97. The summed E-state index contributed by atoms with van der Waals surface area (Å²) in [7, 11) is 0. The van der Waals surface area contributed by atoms with Gasteiger partial charge < -0.3 is 9.47 Å². The van der Waals surface area contributed by atoms with E-state index >= 15 is 0 Å². The zero-order valence-corrected chi connectivity index (χ0v) is 19.0. The summed E-state index contributed by atoms with van der Waals surface area (Å²) in [5.41, 5.74) is 4.01. The lowest BCUT2D eigenvalue weighted by molar-refractivity contribution is -0.174. The van der Waals surface area contributed by atoms with Gasteiger partial charge in [-0.15, -0.1) is 0 Å². The summed E-state index contributed by atoms with van der Waals surface area (Å²) in [5.74, 6) is -1.52. The molecule has 1 unspecified atom stereocenters. The lowest BCUT2D eigenvalue weighted by atomic mass is 9.64. The third kappa shape index (κ3) is 3.19. The first-order valence-corrected chi connectivity index (χ1v) is 11.7. The molecule has 0 heterocycles. The van der Waals surface area contributed by atoms with Crippen LogP contribution < -0.4 is 0 Å². The Kier molecular flexibility index (Phi) is 5.53. The molecule has 0 fully saturated rings. The zero-order valence-electron chi connectivity index (χ0n) is 19.0. The van der Waals surface area contributed by atoms with Crippen LogP contribution in [0.25, 0.3) is 0 Å². The number of carbonyl (C=O) groups is 2. The Bertz CT molecular complexity index is 1120. The number of hydrogen-bond acceptors (Lipinski definition) is 4. The molecule has 1 atom stereocenters. The van der Waals surface area contributed by atoms with Crippen LogP contribution in [0.2, 0.25) is 0 Å². The molecule has 0 N–H and O–H groups in total. The number of carbonyl (C=O) groups excluding carboxylic acids is 2. The Morgan fingerprint density at radius 1 is 0.727 bits per heavy atom. The van der Waals surface area contributed by atoms with E-state index in [1.807, 2.05) is 42.5 Å². The molecular weight excluding hydrogens is 412 g/mol. The van der Waals surface area contributed by atoms with Gasteiger partial charge in [0.25, 0.3) is 0 Å². The van der Waals surface area contributed by atoms with Gasteiger partial charge in [0.2, 0.25) is 0 Å². The van der Waals surface area contributed by atoms with E-state index in [9.17, 15) is 9.59 Å². The number of ether oxygens (including phenoxy) is 2. The van der Waals surface area contributed by atoms with E-state index in [4.69, 9.17) is 9.47 Å². The second-order valence-corrected chi connectivity index (χ2v) is 8.80. The molecule has 0 amide bonds. The van der Waals surface area contributed by atoms with Crippen molar-refractivity contribution >= 4 is 11.9 Å². The second kappa shape index (κ2) is 8.51. The van der Waals surface area contributed by atoms with Gasteiger partial charge in [0, 0.05) is 11.8 Å². The molecule has 4 nitrogen and oxygen atoms in total. The number of esters is 2. The Hall–Kier alpha value is -3.40. The Labute approximate surface area is 194 Å². The molecule has 0 saturated carbocycles. The number of rotatable bonds is 5. The number of hydrogen-bond donors (Lipinski definition) is 0. The first-order valence-electron chi connectivity index (χ1n) is 11.7. The van der Waals surface area contributed by atoms with E-state index in [0.717, 1.165) is 16.7 Å². The van der Waals surface area contributed by atoms with Crippen LogP contribution in [0.5, 0.6) is 0 Å². The molecule has 3 aromatic carbocycles. The minimum Gasteiger partial charge on any atom is -0.465 e. The summed E-state index contributed by atoms with van der Waals surface area (Å²) in [6.07, 6.45) is 0.327. The molecule has 6 rings (SSSR count). The molecular formula is C29H28O4. The fourth-order valence-electron chi connectivity index (χ4n) is 6.01. The van der Waals surface area contributed by atoms with E-state index in [1.165, 1.54) is 11.1 Å². The highest BCUT2D eigenvalue weighted by Gasteiger charge is 2.62.